The Morgan fingerprint density at radius 1 is 1.22 bits per heavy atom. The van der Waals surface area contributed by atoms with Gasteiger partial charge in [0, 0.05) is 12.1 Å². The molecule has 7 heteroatoms. The first-order valence-corrected chi connectivity index (χ1v) is 7.52. The van der Waals surface area contributed by atoms with Crippen molar-refractivity contribution in [3.8, 4) is 17.2 Å². The minimum atomic E-state index is -0.535. The largest absolute Gasteiger partial charge is 0.493 e. The van der Waals surface area contributed by atoms with Crippen LogP contribution in [-0.4, -0.2) is 56.8 Å². The standard InChI is InChI=1S/C16H19NO6/c1-20-12-8-10(9-13-14(12)23-7-6-22-13)15(18)17-5-3-4-11(17)16(19)21-2/h8-9,11H,3-7H2,1-2H3/t11-/m1/s1. The van der Waals surface area contributed by atoms with Crippen LogP contribution in [0, 0.1) is 0 Å². The second-order valence-electron chi connectivity index (χ2n) is 5.38. The second kappa shape index (κ2) is 6.36. The van der Waals surface area contributed by atoms with Gasteiger partial charge < -0.3 is 23.8 Å². The summed E-state index contributed by atoms with van der Waals surface area (Å²) in [5, 5.41) is 0. The third-order valence-corrected chi connectivity index (χ3v) is 4.06. The second-order valence-corrected chi connectivity index (χ2v) is 5.38. The van der Waals surface area contributed by atoms with E-state index >= 15 is 0 Å². The van der Waals surface area contributed by atoms with Crippen LogP contribution in [0.4, 0.5) is 0 Å². The molecule has 1 amide bonds. The number of hydrogen-bond donors (Lipinski definition) is 0. The summed E-state index contributed by atoms with van der Waals surface area (Å²) in [5.41, 5.74) is 0.405. The van der Waals surface area contributed by atoms with Crippen LogP contribution in [0.1, 0.15) is 23.2 Å². The number of likely N-dealkylation sites (tertiary alicyclic amines) is 1. The molecule has 7 nitrogen and oxygen atoms in total. The number of benzene rings is 1. The number of methoxy groups -OCH3 is 2. The Labute approximate surface area is 134 Å². The molecule has 1 aromatic carbocycles. The molecule has 0 spiro atoms. The zero-order chi connectivity index (χ0) is 16.4. The molecular weight excluding hydrogens is 302 g/mol. The minimum absolute atomic E-state index is 0.242. The number of carbonyl (C=O) groups excluding carboxylic acids is 2. The fraction of sp³-hybridized carbons (Fsp3) is 0.500. The van der Waals surface area contributed by atoms with E-state index in [9.17, 15) is 9.59 Å². The number of amides is 1. The molecule has 0 aromatic heterocycles. The molecule has 0 N–H and O–H groups in total. The summed E-state index contributed by atoms with van der Waals surface area (Å²) in [5.74, 6) is 0.793. The van der Waals surface area contributed by atoms with Crippen LogP contribution in [0.25, 0.3) is 0 Å². The summed E-state index contributed by atoms with van der Waals surface area (Å²) >= 11 is 0. The zero-order valence-electron chi connectivity index (χ0n) is 13.2. The van der Waals surface area contributed by atoms with Crippen LogP contribution in [0.3, 0.4) is 0 Å². The van der Waals surface area contributed by atoms with E-state index < -0.39 is 6.04 Å². The lowest BCUT2D eigenvalue weighted by atomic mass is 10.1. The lowest BCUT2D eigenvalue weighted by Gasteiger charge is -2.25. The molecule has 0 saturated carbocycles. The molecule has 23 heavy (non-hydrogen) atoms. The Morgan fingerprint density at radius 3 is 2.74 bits per heavy atom. The molecule has 2 aliphatic heterocycles. The van der Waals surface area contributed by atoms with Gasteiger partial charge in [0.2, 0.25) is 5.75 Å². The zero-order valence-corrected chi connectivity index (χ0v) is 13.2. The van der Waals surface area contributed by atoms with Gasteiger partial charge in [0.15, 0.2) is 11.5 Å². The van der Waals surface area contributed by atoms with E-state index in [1.54, 1.807) is 12.1 Å². The first kappa shape index (κ1) is 15.5. The normalized spacial score (nSPS) is 19.4. The van der Waals surface area contributed by atoms with Crippen molar-refractivity contribution in [3.63, 3.8) is 0 Å². The number of ether oxygens (including phenoxy) is 4. The van der Waals surface area contributed by atoms with E-state index in [0.29, 0.717) is 49.0 Å². The molecule has 1 saturated heterocycles. The molecule has 3 rings (SSSR count). The topological polar surface area (TPSA) is 74.3 Å². The number of nitrogens with zero attached hydrogens (tertiary/aromatic N) is 1. The first-order chi connectivity index (χ1) is 11.2. The molecule has 1 atom stereocenters. The van der Waals surface area contributed by atoms with Gasteiger partial charge in [-0.2, -0.15) is 0 Å². The monoisotopic (exact) mass is 321 g/mol. The van der Waals surface area contributed by atoms with E-state index in [0.717, 1.165) is 6.42 Å². The summed E-state index contributed by atoms with van der Waals surface area (Å²) in [4.78, 5) is 26.2. The smallest absolute Gasteiger partial charge is 0.328 e. The number of carbonyl (C=O) groups is 2. The van der Waals surface area contributed by atoms with Crippen LogP contribution >= 0.6 is 0 Å². The van der Waals surface area contributed by atoms with Gasteiger partial charge in [-0.3, -0.25) is 4.79 Å². The highest BCUT2D eigenvalue weighted by atomic mass is 16.6. The summed E-state index contributed by atoms with van der Waals surface area (Å²) in [6, 6.07) is 2.71. The molecule has 0 bridgehead atoms. The van der Waals surface area contributed by atoms with E-state index in [1.165, 1.54) is 19.1 Å². The van der Waals surface area contributed by atoms with Crippen molar-refractivity contribution in [2.45, 2.75) is 18.9 Å². The SMILES string of the molecule is COC(=O)[C@H]1CCCN1C(=O)c1cc(OC)c2c(c1)OCCO2. The molecule has 1 fully saturated rings. The third kappa shape index (κ3) is 2.78. The Hall–Kier alpha value is -2.44. The fourth-order valence-corrected chi connectivity index (χ4v) is 2.95. The van der Waals surface area contributed by atoms with Crippen molar-refractivity contribution in [1.29, 1.82) is 0 Å². The van der Waals surface area contributed by atoms with E-state index in [1.807, 2.05) is 0 Å². The Balaban J connectivity index is 1.91. The summed E-state index contributed by atoms with van der Waals surface area (Å²) in [7, 11) is 2.84. The van der Waals surface area contributed by atoms with Gasteiger partial charge in [0.1, 0.15) is 19.3 Å². The summed E-state index contributed by atoms with van der Waals surface area (Å²) < 4.78 is 21.2. The van der Waals surface area contributed by atoms with Gasteiger partial charge in [-0.1, -0.05) is 0 Å². The van der Waals surface area contributed by atoms with Crippen molar-refractivity contribution in [2.75, 3.05) is 34.0 Å². The highest BCUT2D eigenvalue weighted by Crippen LogP contribution is 2.41. The van der Waals surface area contributed by atoms with Crippen molar-refractivity contribution >= 4 is 11.9 Å². The Morgan fingerprint density at radius 2 is 2.00 bits per heavy atom. The molecule has 0 radical (unpaired) electrons. The van der Waals surface area contributed by atoms with Gasteiger partial charge in [-0.25, -0.2) is 4.79 Å². The molecule has 2 heterocycles. The predicted octanol–water partition coefficient (Wildman–Crippen LogP) is 1.24. The average molecular weight is 321 g/mol. The van der Waals surface area contributed by atoms with E-state index in [-0.39, 0.29) is 11.9 Å². The van der Waals surface area contributed by atoms with Crippen molar-refractivity contribution in [3.05, 3.63) is 17.7 Å². The number of esters is 1. The quantitative estimate of drug-likeness (QED) is 0.780. The lowest BCUT2D eigenvalue weighted by Crippen LogP contribution is -2.41. The van der Waals surface area contributed by atoms with Gasteiger partial charge in [-0.15, -0.1) is 0 Å². The van der Waals surface area contributed by atoms with Crippen LogP contribution in [0.15, 0.2) is 12.1 Å². The highest BCUT2D eigenvalue weighted by Gasteiger charge is 2.36. The van der Waals surface area contributed by atoms with E-state index in [4.69, 9.17) is 18.9 Å². The lowest BCUT2D eigenvalue weighted by molar-refractivity contribution is -0.145. The van der Waals surface area contributed by atoms with Crippen molar-refractivity contribution in [1.82, 2.24) is 4.90 Å². The van der Waals surface area contributed by atoms with E-state index in [2.05, 4.69) is 0 Å². The van der Waals surface area contributed by atoms with Gasteiger partial charge in [-0.05, 0) is 25.0 Å². The predicted molar refractivity (Wildman–Crippen MR) is 80.1 cm³/mol. The minimum Gasteiger partial charge on any atom is -0.493 e. The Bertz CT molecular complexity index is 612. The number of rotatable bonds is 3. The molecule has 124 valence electrons. The third-order valence-electron chi connectivity index (χ3n) is 4.06. The summed E-state index contributed by atoms with van der Waals surface area (Å²) in [6.07, 6.45) is 1.38. The van der Waals surface area contributed by atoms with Crippen molar-refractivity contribution in [2.24, 2.45) is 0 Å². The number of fused-ring (bicyclic) bond motifs is 1. The van der Waals surface area contributed by atoms with Crippen LogP contribution < -0.4 is 14.2 Å². The molecule has 0 unspecified atom stereocenters. The van der Waals surface area contributed by atoms with Crippen LogP contribution in [0.5, 0.6) is 17.2 Å². The van der Waals surface area contributed by atoms with Crippen LogP contribution in [0.2, 0.25) is 0 Å². The molecule has 1 aromatic rings. The van der Waals surface area contributed by atoms with Gasteiger partial charge >= 0.3 is 5.97 Å². The van der Waals surface area contributed by atoms with Gasteiger partial charge in [0.05, 0.1) is 14.2 Å². The van der Waals surface area contributed by atoms with Crippen molar-refractivity contribution < 1.29 is 28.5 Å². The van der Waals surface area contributed by atoms with Crippen LogP contribution in [-0.2, 0) is 9.53 Å². The maximum atomic E-state index is 12.8. The number of hydrogen-bond acceptors (Lipinski definition) is 6. The fourth-order valence-electron chi connectivity index (χ4n) is 2.95. The average Bonchev–Trinajstić information content (AvgIpc) is 3.09. The Kier molecular flexibility index (Phi) is 4.27. The maximum Gasteiger partial charge on any atom is 0.328 e. The molecule has 0 aliphatic carbocycles. The maximum absolute atomic E-state index is 12.8. The molecular formula is C16H19NO6. The van der Waals surface area contributed by atoms with Gasteiger partial charge in [0.25, 0.3) is 5.91 Å². The highest BCUT2D eigenvalue weighted by molar-refractivity contribution is 5.98. The first-order valence-electron chi connectivity index (χ1n) is 7.52. The molecule has 2 aliphatic rings. The summed E-state index contributed by atoms with van der Waals surface area (Å²) in [6.45, 7) is 1.38.